The molecule has 0 radical (unpaired) electrons. The molecule has 14 heteroatoms. The molecule has 2 aromatic carbocycles. The van der Waals surface area contributed by atoms with Crippen LogP contribution in [0.25, 0.3) is 21.6 Å². The second-order valence-electron chi connectivity index (χ2n) is 15.7. The van der Waals surface area contributed by atoms with Crippen LogP contribution < -0.4 is 15.5 Å². The molecule has 0 spiro atoms. The Balaban J connectivity index is 1.08. The summed E-state index contributed by atoms with van der Waals surface area (Å²) < 4.78 is 31.7. The topological polar surface area (TPSA) is 159 Å². The van der Waals surface area contributed by atoms with Gasteiger partial charge in [-0.3, -0.25) is 9.59 Å². The first-order valence-electron chi connectivity index (χ1n) is 19.6. The Morgan fingerprint density at radius 1 is 1.00 bits per heavy atom. The minimum atomic E-state index is -0.665. The standard InChI is InChI=1S/C42H51FN4O8S/c1-42(2,3)54-41(51)45-29-22-30-15-16-31(23-29)47(30)40(50)36-24-32(26-12-13-28(25-44)33(43)20-26)39(56-36)27-14-17-35(34(48)21-27)52-18-8-5-4-6-10-37(49)46-55-38-11-7-9-19-53-38/h12-14,17,20-21,24,29-31,38,48H,4-11,15-16,18-19,22-23H2,1-3H3,(H,45,51)(H,46,49). The first kappa shape index (κ1) is 40.9. The fourth-order valence-corrected chi connectivity index (χ4v) is 8.74. The van der Waals surface area contributed by atoms with Crippen LogP contribution in [0.5, 0.6) is 11.5 Å². The number of fused-ring (bicyclic) bond motifs is 2. The first-order chi connectivity index (χ1) is 26.9. The number of unbranched alkanes of at least 4 members (excludes halogenated alkanes) is 3. The van der Waals surface area contributed by atoms with Crippen molar-refractivity contribution in [2.45, 2.75) is 128 Å². The van der Waals surface area contributed by atoms with E-state index in [1.54, 1.807) is 30.3 Å². The van der Waals surface area contributed by atoms with E-state index in [1.807, 2.05) is 31.7 Å². The van der Waals surface area contributed by atoms with Gasteiger partial charge in [0.1, 0.15) is 17.5 Å². The van der Waals surface area contributed by atoms with E-state index in [-0.39, 0.29) is 47.5 Å². The second-order valence-corrected chi connectivity index (χ2v) is 16.8. The average Bonchev–Trinajstić information content (AvgIpc) is 3.72. The molecule has 3 N–H and O–H groups in total. The Kier molecular flexibility index (Phi) is 13.5. The highest BCUT2D eigenvalue weighted by molar-refractivity contribution is 7.18. The number of aromatic hydroxyl groups is 1. The number of rotatable bonds is 14. The summed E-state index contributed by atoms with van der Waals surface area (Å²) in [5.41, 5.74) is 3.51. The van der Waals surface area contributed by atoms with Gasteiger partial charge in [0.2, 0.25) is 5.91 Å². The molecule has 4 heterocycles. The van der Waals surface area contributed by atoms with Gasteiger partial charge in [-0.1, -0.05) is 18.9 Å². The Morgan fingerprint density at radius 3 is 2.43 bits per heavy atom. The van der Waals surface area contributed by atoms with Crippen molar-refractivity contribution in [3.8, 4) is 39.1 Å². The number of carbonyl (C=O) groups is 3. The van der Waals surface area contributed by atoms with Crippen LogP contribution in [0, 0.1) is 17.1 Å². The molecule has 3 aromatic rings. The number of phenolic OH excluding ortho intramolecular Hbond substituents is 1. The monoisotopic (exact) mass is 790 g/mol. The average molecular weight is 791 g/mol. The summed E-state index contributed by atoms with van der Waals surface area (Å²) >= 11 is 1.27. The van der Waals surface area contributed by atoms with Crippen LogP contribution in [-0.4, -0.2) is 71.1 Å². The molecule has 12 nitrogen and oxygen atoms in total. The number of amides is 3. The number of piperidine rings is 1. The maximum Gasteiger partial charge on any atom is 0.407 e. The number of halogens is 1. The number of nitrogens with one attached hydrogen (secondary N) is 2. The molecule has 3 atom stereocenters. The molecule has 56 heavy (non-hydrogen) atoms. The summed E-state index contributed by atoms with van der Waals surface area (Å²) in [6, 6.07) is 12.8. The van der Waals surface area contributed by atoms with Gasteiger partial charge in [-0.05, 0) is 120 Å². The van der Waals surface area contributed by atoms with Gasteiger partial charge < -0.3 is 29.5 Å². The van der Waals surface area contributed by atoms with Gasteiger partial charge in [-0.2, -0.15) is 5.26 Å². The molecule has 3 aliphatic rings. The summed E-state index contributed by atoms with van der Waals surface area (Å²) in [7, 11) is 0. The van der Waals surface area contributed by atoms with Crippen molar-refractivity contribution >= 4 is 29.2 Å². The van der Waals surface area contributed by atoms with E-state index in [0.29, 0.717) is 71.1 Å². The number of thiophene rings is 1. The fourth-order valence-electron chi connectivity index (χ4n) is 7.62. The predicted octanol–water partition coefficient (Wildman–Crippen LogP) is 8.36. The van der Waals surface area contributed by atoms with Crippen LogP contribution in [0.1, 0.15) is 113 Å². The fraction of sp³-hybridized carbons (Fsp3) is 0.524. The Labute approximate surface area is 331 Å². The highest BCUT2D eigenvalue weighted by Gasteiger charge is 2.44. The number of phenols is 1. The molecule has 1 aromatic heterocycles. The zero-order valence-electron chi connectivity index (χ0n) is 32.2. The Morgan fingerprint density at radius 2 is 1.75 bits per heavy atom. The molecule has 3 saturated heterocycles. The Bertz CT molecular complexity index is 1900. The highest BCUT2D eigenvalue weighted by atomic mass is 32.1. The molecule has 2 bridgehead atoms. The van der Waals surface area contributed by atoms with Gasteiger partial charge in [-0.25, -0.2) is 19.5 Å². The van der Waals surface area contributed by atoms with Crippen LogP contribution in [0.3, 0.4) is 0 Å². The van der Waals surface area contributed by atoms with Crippen LogP contribution in [0.15, 0.2) is 42.5 Å². The Hall–Kier alpha value is -4.71. The minimum absolute atomic E-state index is 0.0522. The van der Waals surface area contributed by atoms with Crippen molar-refractivity contribution in [2.24, 2.45) is 0 Å². The van der Waals surface area contributed by atoms with E-state index in [9.17, 15) is 29.1 Å². The molecular formula is C42H51FN4O8S. The van der Waals surface area contributed by atoms with Gasteiger partial charge in [-0.15, -0.1) is 11.3 Å². The second kappa shape index (κ2) is 18.5. The van der Waals surface area contributed by atoms with Crippen molar-refractivity contribution in [3.63, 3.8) is 0 Å². The molecule has 0 saturated carbocycles. The number of hydroxylamine groups is 1. The number of nitrogens with zero attached hydrogens (tertiary/aromatic N) is 2. The number of hydrogen-bond donors (Lipinski definition) is 3. The zero-order valence-corrected chi connectivity index (χ0v) is 33.1. The number of nitriles is 1. The van der Waals surface area contributed by atoms with E-state index in [1.165, 1.54) is 23.5 Å². The normalized spacial score (nSPS) is 20.6. The third-order valence-corrected chi connectivity index (χ3v) is 11.4. The van der Waals surface area contributed by atoms with E-state index >= 15 is 0 Å². The van der Waals surface area contributed by atoms with Gasteiger partial charge in [0.25, 0.3) is 5.91 Å². The van der Waals surface area contributed by atoms with Gasteiger partial charge >= 0.3 is 6.09 Å². The third-order valence-electron chi connectivity index (χ3n) is 10.3. The molecule has 3 amide bonds. The highest BCUT2D eigenvalue weighted by Crippen LogP contribution is 2.44. The molecule has 3 unspecified atom stereocenters. The van der Waals surface area contributed by atoms with Crippen molar-refractivity contribution < 1.29 is 42.9 Å². The van der Waals surface area contributed by atoms with Crippen molar-refractivity contribution in [2.75, 3.05) is 13.2 Å². The van der Waals surface area contributed by atoms with Crippen molar-refractivity contribution in [1.82, 2.24) is 15.7 Å². The van der Waals surface area contributed by atoms with Gasteiger partial charge in [0, 0.05) is 48.0 Å². The summed E-state index contributed by atoms with van der Waals surface area (Å²) in [5.74, 6) is -0.727. The number of carbonyl (C=O) groups excluding carboxylic acids is 3. The summed E-state index contributed by atoms with van der Waals surface area (Å²) in [4.78, 5) is 47.2. The van der Waals surface area contributed by atoms with Gasteiger partial charge in [0.05, 0.1) is 17.0 Å². The molecule has 0 aliphatic carbocycles. The quantitative estimate of drug-likeness (QED) is 0.108. The first-order valence-corrected chi connectivity index (χ1v) is 20.4. The van der Waals surface area contributed by atoms with E-state index in [0.717, 1.165) is 51.4 Å². The van der Waals surface area contributed by atoms with Crippen LogP contribution >= 0.6 is 11.3 Å². The molecular weight excluding hydrogens is 740 g/mol. The number of alkyl carbamates (subject to hydrolysis) is 1. The largest absolute Gasteiger partial charge is 0.504 e. The summed E-state index contributed by atoms with van der Waals surface area (Å²) in [5, 5.41) is 23.3. The molecule has 6 rings (SSSR count). The maximum atomic E-state index is 14.9. The lowest BCUT2D eigenvalue weighted by molar-refractivity contribution is -0.200. The molecule has 3 aliphatic heterocycles. The maximum absolute atomic E-state index is 14.9. The minimum Gasteiger partial charge on any atom is -0.504 e. The number of ether oxygens (including phenoxy) is 3. The SMILES string of the molecule is CC(C)(C)OC(=O)NC1CC2CCC(C1)N2C(=O)c1cc(-c2ccc(C#N)c(F)c2)c(-c2ccc(OCCCCCCC(=O)NOC3CCCCO3)c(O)c2)s1. The van der Waals surface area contributed by atoms with Crippen LogP contribution in [-0.2, 0) is 19.1 Å². The lowest BCUT2D eigenvalue weighted by Gasteiger charge is -2.39. The number of hydrogen-bond acceptors (Lipinski definition) is 10. The smallest absolute Gasteiger partial charge is 0.407 e. The molecule has 300 valence electrons. The summed E-state index contributed by atoms with van der Waals surface area (Å²) in [6.07, 6.45) is 8.33. The van der Waals surface area contributed by atoms with Crippen molar-refractivity contribution in [3.05, 3.63) is 58.7 Å². The summed E-state index contributed by atoms with van der Waals surface area (Å²) in [6.45, 7) is 6.48. The van der Waals surface area contributed by atoms with Gasteiger partial charge in [0.15, 0.2) is 17.8 Å². The van der Waals surface area contributed by atoms with E-state index < -0.39 is 17.5 Å². The van der Waals surface area contributed by atoms with Crippen molar-refractivity contribution in [1.29, 1.82) is 5.26 Å². The third kappa shape index (κ3) is 10.6. The predicted molar refractivity (Wildman–Crippen MR) is 208 cm³/mol. The van der Waals surface area contributed by atoms with E-state index in [2.05, 4.69) is 10.8 Å². The van der Waals surface area contributed by atoms with Crippen LogP contribution in [0.2, 0.25) is 0 Å². The number of benzene rings is 2. The van der Waals surface area contributed by atoms with E-state index in [4.69, 9.17) is 19.0 Å². The lowest BCUT2D eigenvalue weighted by atomic mass is 9.96. The van der Waals surface area contributed by atoms with Crippen LogP contribution in [0.4, 0.5) is 9.18 Å². The lowest BCUT2D eigenvalue weighted by Crippen LogP contribution is -2.52. The molecule has 3 fully saturated rings. The zero-order chi connectivity index (χ0) is 39.8.